The molecule has 1 aliphatic rings. The maximum Gasteiger partial charge on any atom is 0.291 e. The predicted molar refractivity (Wildman–Crippen MR) is 125 cm³/mol. The van der Waals surface area contributed by atoms with Gasteiger partial charge < -0.3 is 14.1 Å². The van der Waals surface area contributed by atoms with Crippen LogP contribution in [-0.4, -0.2) is 22.4 Å². The van der Waals surface area contributed by atoms with Gasteiger partial charge in [0, 0.05) is 18.9 Å². The molecule has 6 nitrogen and oxygen atoms in total. The molecule has 0 bridgehead atoms. The number of amides is 1. The van der Waals surface area contributed by atoms with Gasteiger partial charge in [-0.05, 0) is 53.9 Å². The Bertz CT molecular complexity index is 1350. The molecule has 0 radical (unpaired) electrons. The zero-order valence-corrected chi connectivity index (χ0v) is 18.4. The van der Waals surface area contributed by atoms with Crippen LogP contribution in [0.1, 0.15) is 53.1 Å². The van der Waals surface area contributed by atoms with Crippen LogP contribution in [0.25, 0.3) is 11.0 Å². The number of carbonyl (C=O) groups is 1. The van der Waals surface area contributed by atoms with Crippen LogP contribution in [0.2, 0.25) is 0 Å². The van der Waals surface area contributed by atoms with E-state index in [-0.39, 0.29) is 17.1 Å². The van der Waals surface area contributed by atoms with E-state index in [0.717, 1.165) is 29.7 Å². The fraction of sp³-hybridized carbons (Fsp3) is 0.222. The Balaban J connectivity index is 1.60. The summed E-state index contributed by atoms with van der Waals surface area (Å²) in [5.74, 6) is 0.585. The summed E-state index contributed by atoms with van der Waals surface area (Å²) in [5, 5.41) is 0.472. The molecule has 0 aliphatic carbocycles. The van der Waals surface area contributed by atoms with Crippen molar-refractivity contribution in [3.05, 3.63) is 106 Å². The average Bonchev–Trinajstić information content (AvgIpc) is 3.12. The molecular weight excluding hydrogens is 416 g/mol. The second kappa shape index (κ2) is 8.90. The van der Waals surface area contributed by atoms with E-state index in [1.165, 1.54) is 0 Å². The quantitative estimate of drug-likeness (QED) is 0.373. The minimum atomic E-state index is -0.550. The van der Waals surface area contributed by atoms with Gasteiger partial charge in [0.05, 0.1) is 23.6 Å². The molecule has 0 spiro atoms. The van der Waals surface area contributed by atoms with Gasteiger partial charge in [0.1, 0.15) is 11.3 Å². The number of pyridine rings is 1. The van der Waals surface area contributed by atoms with Crippen LogP contribution in [0, 0.1) is 0 Å². The van der Waals surface area contributed by atoms with Crippen molar-refractivity contribution in [1.82, 2.24) is 9.88 Å². The number of rotatable bonds is 7. The molecule has 1 aliphatic heterocycles. The van der Waals surface area contributed by atoms with Crippen molar-refractivity contribution in [3.8, 4) is 5.75 Å². The summed E-state index contributed by atoms with van der Waals surface area (Å²) < 4.78 is 11.8. The van der Waals surface area contributed by atoms with Crippen LogP contribution in [-0.2, 0) is 6.54 Å². The fourth-order valence-electron chi connectivity index (χ4n) is 4.24. The summed E-state index contributed by atoms with van der Waals surface area (Å²) in [7, 11) is 0. The van der Waals surface area contributed by atoms with Gasteiger partial charge in [-0.15, -0.1) is 0 Å². The SMILES string of the molecule is CCCCOc1ccc(C2c3c(oc4ccccc4c3=O)C(=O)N2Cc2ccncc2)cc1. The highest BCUT2D eigenvalue weighted by Crippen LogP contribution is 2.39. The number of hydrogen-bond donors (Lipinski definition) is 0. The van der Waals surface area contributed by atoms with Crippen LogP contribution in [0.4, 0.5) is 0 Å². The smallest absolute Gasteiger partial charge is 0.291 e. The molecule has 1 unspecified atom stereocenters. The summed E-state index contributed by atoms with van der Waals surface area (Å²) >= 11 is 0. The Kier molecular flexibility index (Phi) is 5.65. The molecule has 0 saturated carbocycles. The third-order valence-corrected chi connectivity index (χ3v) is 5.94. The van der Waals surface area contributed by atoms with Crippen molar-refractivity contribution in [1.29, 1.82) is 0 Å². The molecule has 6 heteroatoms. The monoisotopic (exact) mass is 440 g/mol. The largest absolute Gasteiger partial charge is 0.494 e. The molecule has 2 aromatic carbocycles. The number of aromatic nitrogens is 1. The maximum absolute atomic E-state index is 13.5. The molecular formula is C27H24N2O4. The van der Waals surface area contributed by atoms with Gasteiger partial charge in [-0.2, -0.15) is 0 Å². The first-order chi connectivity index (χ1) is 16.2. The lowest BCUT2D eigenvalue weighted by molar-refractivity contribution is 0.0714. The lowest BCUT2D eigenvalue weighted by Gasteiger charge is -2.25. The number of fused-ring (bicyclic) bond motifs is 2. The Labute approximate surface area is 191 Å². The predicted octanol–water partition coefficient (Wildman–Crippen LogP) is 5.11. The van der Waals surface area contributed by atoms with Crippen LogP contribution in [0.5, 0.6) is 5.75 Å². The van der Waals surface area contributed by atoms with Gasteiger partial charge in [0.2, 0.25) is 5.76 Å². The topological polar surface area (TPSA) is 72.6 Å². The molecule has 4 aromatic rings. The fourth-order valence-corrected chi connectivity index (χ4v) is 4.24. The Hall–Kier alpha value is -3.93. The lowest BCUT2D eigenvalue weighted by atomic mass is 9.98. The van der Waals surface area contributed by atoms with Gasteiger partial charge in [-0.25, -0.2) is 0 Å². The molecule has 2 aromatic heterocycles. The first-order valence-corrected chi connectivity index (χ1v) is 11.2. The van der Waals surface area contributed by atoms with Crippen molar-refractivity contribution < 1.29 is 13.9 Å². The van der Waals surface area contributed by atoms with Crippen LogP contribution < -0.4 is 10.2 Å². The number of hydrogen-bond acceptors (Lipinski definition) is 5. The van der Waals surface area contributed by atoms with E-state index in [2.05, 4.69) is 11.9 Å². The summed E-state index contributed by atoms with van der Waals surface area (Å²) in [4.78, 5) is 32.7. The number of nitrogens with zero attached hydrogens (tertiary/aromatic N) is 2. The molecule has 3 heterocycles. The van der Waals surface area contributed by atoms with E-state index in [1.807, 2.05) is 36.4 Å². The first kappa shape index (κ1) is 20.9. The van der Waals surface area contributed by atoms with E-state index in [9.17, 15) is 9.59 Å². The number of para-hydroxylation sites is 1. The third-order valence-electron chi connectivity index (χ3n) is 5.94. The van der Waals surface area contributed by atoms with Gasteiger partial charge in [0.15, 0.2) is 5.43 Å². The Morgan fingerprint density at radius 2 is 1.76 bits per heavy atom. The van der Waals surface area contributed by atoms with Gasteiger partial charge in [-0.3, -0.25) is 14.6 Å². The number of ether oxygens (including phenoxy) is 1. The lowest BCUT2D eigenvalue weighted by Crippen LogP contribution is -2.29. The summed E-state index contributed by atoms with van der Waals surface area (Å²) in [6, 6.07) is 17.8. The van der Waals surface area contributed by atoms with Crippen LogP contribution in [0.3, 0.4) is 0 Å². The van der Waals surface area contributed by atoms with E-state index in [1.54, 1.807) is 41.6 Å². The minimum absolute atomic E-state index is 0.112. The Morgan fingerprint density at radius 1 is 1.00 bits per heavy atom. The molecule has 33 heavy (non-hydrogen) atoms. The molecule has 0 fully saturated rings. The number of carbonyl (C=O) groups excluding carboxylic acids is 1. The zero-order valence-electron chi connectivity index (χ0n) is 18.4. The molecule has 5 rings (SSSR count). The average molecular weight is 440 g/mol. The van der Waals surface area contributed by atoms with Gasteiger partial charge in [0.25, 0.3) is 5.91 Å². The number of unbranched alkanes of at least 4 members (excludes halogenated alkanes) is 1. The minimum Gasteiger partial charge on any atom is -0.494 e. The number of benzene rings is 2. The van der Waals surface area contributed by atoms with Gasteiger partial charge in [-0.1, -0.05) is 37.6 Å². The highest BCUT2D eigenvalue weighted by molar-refractivity contribution is 5.99. The molecule has 166 valence electrons. The summed E-state index contributed by atoms with van der Waals surface area (Å²) in [6.07, 6.45) is 5.43. The van der Waals surface area contributed by atoms with Crippen molar-refractivity contribution in [3.63, 3.8) is 0 Å². The van der Waals surface area contributed by atoms with E-state index in [4.69, 9.17) is 9.15 Å². The van der Waals surface area contributed by atoms with E-state index in [0.29, 0.717) is 29.7 Å². The normalized spacial score (nSPS) is 15.1. The van der Waals surface area contributed by atoms with E-state index >= 15 is 0 Å². The Morgan fingerprint density at radius 3 is 2.52 bits per heavy atom. The van der Waals surface area contributed by atoms with Crippen molar-refractivity contribution in [2.24, 2.45) is 0 Å². The second-order valence-corrected chi connectivity index (χ2v) is 8.13. The molecule has 1 amide bonds. The highest BCUT2D eigenvalue weighted by atomic mass is 16.5. The summed E-state index contributed by atoms with van der Waals surface area (Å²) in [5.41, 5.74) is 2.38. The van der Waals surface area contributed by atoms with Crippen LogP contribution >= 0.6 is 0 Å². The van der Waals surface area contributed by atoms with Gasteiger partial charge >= 0.3 is 0 Å². The zero-order chi connectivity index (χ0) is 22.8. The molecule has 1 atom stereocenters. The molecule has 0 N–H and O–H groups in total. The standard InChI is InChI=1S/C27H24N2O4/c1-2-3-16-32-20-10-8-19(9-11-20)24-23-25(30)21-6-4-5-7-22(21)33-26(23)27(31)29(24)17-18-12-14-28-15-13-18/h4-15,24H,2-3,16-17H2,1H3. The third kappa shape index (κ3) is 3.89. The maximum atomic E-state index is 13.5. The highest BCUT2D eigenvalue weighted by Gasteiger charge is 2.42. The molecule has 0 saturated heterocycles. The summed E-state index contributed by atoms with van der Waals surface area (Å²) in [6.45, 7) is 3.11. The van der Waals surface area contributed by atoms with Crippen molar-refractivity contribution in [2.45, 2.75) is 32.4 Å². The van der Waals surface area contributed by atoms with Crippen molar-refractivity contribution in [2.75, 3.05) is 6.61 Å². The second-order valence-electron chi connectivity index (χ2n) is 8.13. The van der Waals surface area contributed by atoms with Crippen LogP contribution in [0.15, 0.2) is 82.3 Å². The van der Waals surface area contributed by atoms with E-state index < -0.39 is 6.04 Å². The van der Waals surface area contributed by atoms with Crippen molar-refractivity contribution >= 4 is 16.9 Å². The first-order valence-electron chi connectivity index (χ1n) is 11.2.